The highest BCUT2D eigenvalue weighted by molar-refractivity contribution is 7.99. The molecule has 0 fully saturated rings. The van der Waals surface area contributed by atoms with E-state index in [0.717, 1.165) is 27.7 Å². The minimum Gasteiger partial charge on any atom is -0.494 e. The predicted octanol–water partition coefficient (Wildman–Crippen LogP) is 5.47. The smallest absolute Gasteiger partial charge is 0.237 e. The lowest BCUT2D eigenvalue weighted by molar-refractivity contribution is -0.115. The summed E-state index contributed by atoms with van der Waals surface area (Å²) >= 11 is 3.21. The fraction of sp³-hybridized carbons (Fsp3) is 0.238. The Balaban J connectivity index is 1.53. The van der Waals surface area contributed by atoms with Crippen molar-refractivity contribution in [2.45, 2.75) is 24.9 Å². The summed E-state index contributed by atoms with van der Waals surface area (Å²) in [5, 5.41) is 5.82. The summed E-state index contributed by atoms with van der Waals surface area (Å²) in [5.41, 5.74) is 2.89. The number of para-hydroxylation sites is 1. The Morgan fingerprint density at radius 2 is 1.93 bits per heavy atom. The van der Waals surface area contributed by atoms with Gasteiger partial charge in [-0.2, -0.15) is 0 Å². The second-order valence-corrected chi connectivity index (χ2v) is 8.10. The molecule has 1 atom stereocenters. The van der Waals surface area contributed by atoms with Crippen molar-refractivity contribution in [3.05, 3.63) is 65.7 Å². The van der Waals surface area contributed by atoms with Crippen LogP contribution in [0.2, 0.25) is 0 Å². The lowest BCUT2D eigenvalue weighted by atomic mass is 10.2. The number of nitrogens with zero attached hydrogens (tertiary/aromatic N) is 1. The fourth-order valence-corrected chi connectivity index (χ4v) is 4.13. The molecule has 27 heavy (non-hydrogen) atoms. The summed E-state index contributed by atoms with van der Waals surface area (Å²) in [6, 6.07) is 17.5. The molecule has 1 unspecified atom stereocenters. The summed E-state index contributed by atoms with van der Waals surface area (Å²) in [6.07, 6.45) is 0. The maximum Gasteiger partial charge on any atom is 0.237 e. The van der Waals surface area contributed by atoms with Crippen molar-refractivity contribution >= 4 is 34.7 Å². The second kappa shape index (κ2) is 9.58. The molecular weight excluding hydrogens is 376 g/mol. The van der Waals surface area contributed by atoms with Gasteiger partial charge in [-0.15, -0.1) is 23.1 Å². The highest BCUT2D eigenvalue weighted by atomic mass is 32.2. The molecule has 0 saturated heterocycles. The maximum atomic E-state index is 12.3. The molecule has 1 amide bonds. The molecular formula is C21H22N2O2S2. The molecule has 1 heterocycles. The van der Waals surface area contributed by atoms with Gasteiger partial charge in [-0.3, -0.25) is 4.79 Å². The van der Waals surface area contributed by atoms with Crippen molar-refractivity contribution in [3.63, 3.8) is 0 Å². The number of carbonyl (C=O) groups is 1. The van der Waals surface area contributed by atoms with Gasteiger partial charge in [0.2, 0.25) is 5.91 Å². The average Bonchev–Trinajstić information content (AvgIpc) is 3.17. The molecule has 140 valence electrons. The van der Waals surface area contributed by atoms with Crippen molar-refractivity contribution in [2.75, 3.05) is 11.9 Å². The average molecular weight is 399 g/mol. The molecule has 0 bridgehead atoms. The number of aromatic nitrogens is 1. The highest BCUT2D eigenvalue weighted by Gasteiger charge is 2.15. The number of hydrogen-bond acceptors (Lipinski definition) is 5. The van der Waals surface area contributed by atoms with E-state index in [0.29, 0.717) is 12.4 Å². The largest absolute Gasteiger partial charge is 0.494 e. The lowest BCUT2D eigenvalue weighted by Crippen LogP contribution is -2.22. The van der Waals surface area contributed by atoms with Gasteiger partial charge in [0.05, 0.1) is 17.6 Å². The molecule has 0 radical (unpaired) electrons. The Bertz CT molecular complexity index is 863. The van der Waals surface area contributed by atoms with Crippen LogP contribution in [-0.2, 0) is 10.5 Å². The van der Waals surface area contributed by atoms with E-state index >= 15 is 0 Å². The second-order valence-electron chi connectivity index (χ2n) is 5.91. The number of carbonyl (C=O) groups excluding carboxylic acids is 1. The van der Waals surface area contributed by atoms with Crippen molar-refractivity contribution in [1.82, 2.24) is 4.98 Å². The molecule has 2 aromatic carbocycles. The molecule has 3 aromatic rings. The molecule has 1 aromatic heterocycles. The van der Waals surface area contributed by atoms with Gasteiger partial charge in [-0.25, -0.2) is 4.98 Å². The molecule has 0 aliphatic rings. The van der Waals surface area contributed by atoms with Crippen molar-refractivity contribution in [2.24, 2.45) is 0 Å². The number of nitrogens with one attached hydrogen (secondary N) is 1. The van der Waals surface area contributed by atoms with Gasteiger partial charge >= 0.3 is 0 Å². The van der Waals surface area contributed by atoms with Gasteiger partial charge in [-0.1, -0.05) is 18.2 Å². The molecule has 0 aliphatic heterocycles. The molecule has 3 rings (SSSR count). The first-order chi connectivity index (χ1) is 13.2. The van der Waals surface area contributed by atoms with Crippen molar-refractivity contribution in [1.29, 1.82) is 0 Å². The molecule has 6 heteroatoms. The fourth-order valence-electron chi connectivity index (χ4n) is 2.42. The van der Waals surface area contributed by atoms with E-state index in [1.807, 2.05) is 68.4 Å². The van der Waals surface area contributed by atoms with Crippen LogP contribution >= 0.6 is 23.1 Å². The van der Waals surface area contributed by atoms with Gasteiger partial charge in [-0.05, 0) is 50.2 Å². The van der Waals surface area contributed by atoms with Crippen LogP contribution in [-0.4, -0.2) is 22.7 Å². The molecule has 1 N–H and O–H groups in total. The third-order valence-electron chi connectivity index (χ3n) is 3.86. The Morgan fingerprint density at radius 3 is 2.63 bits per heavy atom. The Morgan fingerprint density at radius 1 is 1.19 bits per heavy atom. The van der Waals surface area contributed by atoms with Crippen LogP contribution in [0.3, 0.4) is 0 Å². The zero-order chi connectivity index (χ0) is 19.1. The Labute approximate surface area is 168 Å². The molecule has 0 aliphatic carbocycles. The number of benzene rings is 2. The van der Waals surface area contributed by atoms with Gasteiger partial charge in [0.1, 0.15) is 10.8 Å². The SMILES string of the molecule is CCOc1ccc(-c2nc(CSC(C)C(=O)Nc3ccccc3)cs2)cc1. The van der Waals surface area contributed by atoms with Crippen LogP contribution in [0.25, 0.3) is 10.6 Å². The number of anilines is 1. The minimum absolute atomic E-state index is 0.00756. The summed E-state index contributed by atoms with van der Waals surface area (Å²) in [5.74, 6) is 1.58. The van der Waals surface area contributed by atoms with Gasteiger partial charge in [0, 0.05) is 22.4 Å². The number of thiazole rings is 1. The number of hydrogen-bond donors (Lipinski definition) is 1. The van der Waals surface area contributed by atoms with E-state index in [4.69, 9.17) is 9.72 Å². The standard InChI is InChI=1S/C21H22N2O2S2/c1-3-25-19-11-9-16(10-12-19)21-23-18(14-27-21)13-26-15(2)20(24)22-17-7-5-4-6-8-17/h4-12,14-15H,3,13H2,1-2H3,(H,22,24). The zero-order valence-corrected chi connectivity index (χ0v) is 17.0. The van der Waals surface area contributed by atoms with Crippen LogP contribution < -0.4 is 10.1 Å². The zero-order valence-electron chi connectivity index (χ0n) is 15.3. The first-order valence-electron chi connectivity index (χ1n) is 8.81. The first-order valence-corrected chi connectivity index (χ1v) is 10.7. The van der Waals surface area contributed by atoms with Crippen molar-refractivity contribution < 1.29 is 9.53 Å². The Kier molecular flexibility index (Phi) is 6.90. The van der Waals surface area contributed by atoms with E-state index in [1.165, 1.54) is 0 Å². The first kappa shape index (κ1) is 19.5. The summed E-state index contributed by atoms with van der Waals surface area (Å²) in [6.45, 7) is 4.55. The topological polar surface area (TPSA) is 51.2 Å². The molecule has 0 saturated carbocycles. The van der Waals surface area contributed by atoms with Gasteiger partial charge < -0.3 is 10.1 Å². The maximum absolute atomic E-state index is 12.3. The van der Waals surface area contributed by atoms with E-state index in [1.54, 1.807) is 23.1 Å². The van der Waals surface area contributed by atoms with Crippen LogP contribution in [0.4, 0.5) is 5.69 Å². The van der Waals surface area contributed by atoms with E-state index < -0.39 is 0 Å². The third-order valence-corrected chi connectivity index (χ3v) is 5.97. The van der Waals surface area contributed by atoms with Crippen LogP contribution in [0.5, 0.6) is 5.75 Å². The number of rotatable bonds is 8. The summed E-state index contributed by atoms with van der Waals surface area (Å²) in [4.78, 5) is 17.0. The third kappa shape index (κ3) is 5.58. The number of ether oxygens (including phenoxy) is 1. The Hall–Kier alpha value is -2.31. The van der Waals surface area contributed by atoms with E-state index in [2.05, 4.69) is 10.7 Å². The van der Waals surface area contributed by atoms with Crippen molar-refractivity contribution in [3.8, 4) is 16.3 Å². The van der Waals surface area contributed by atoms with Gasteiger partial charge in [0.25, 0.3) is 0 Å². The van der Waals surface area contributed by atoms with E-state index in [-0.39, 0.29) is 11.2 Å². The minimum atomic E-state index is -0.152. The highest BCUT2D eigenvalue weighted by Crippen LogP contribution is 2.28. The van der Waals surface area contributed by atoms with Crippen LogP contribution in [0, 0.1) is 0 Å². The normalized spacial score (nSPS) is 11.8. The molecule has 4 nitrogen and oxygen atoms in total. The predicted molar refractivity (Wildman–Crippen MR) is 115 cm³/mol. The summed E-state index contributed by atoms with van der Waals surface area (Å²) < 4.78 is 5.47. The monoisotopic (exact) mass is 398 g/mol. The number of amides is 1. The number of thioether (sulfide) groups is 1. The summed E-state index contributed by atoms with van der Waals surface area (Å²) in [7, 11) is 0. The van der Waals surface area contributed by atoms with Crippen LogP contribution in [0.1, 0.15) is 19.5 Å². The van der Waals surface area contributed by atoms with Crippen LogP contribution in [0.15, 0.2) is 60.0 Å². The quantitative estimate of drug-likeness (QED) is 0.547. The van der Waals surface area contributed by atoms with Gasteiger partial charge in [0.15, 0.2) is 0 Å². The lowest BCUT2D eigenvalue weighted by Gasteiger charge is -2.11. The molecule has 0 spiro atoms. The van der Waals surface area contributed by atoms with E-state index in [9.17, 15) is 4.79 Å².